The van der Waals surface area contributed by atoms with Gasteiger partial charge in [-0.15, -0.1) is 0 Å². The van der Waals surface area contributed by atoms with E-state index in [4.69, 9.17) is 0 Å². The van der Waals surface area contributed by atoms with Crippen molar-refractivity contribution in [1.29, 1.82) is 0 Å². The van der Waals surface area contributed by atoms with E-state index in [1.807, 2.05) is 0 Å². The van der Waals surface area contributed by atoms with Gasteiger partial charge in [-0.05, 0) is 33.6 Å². The molecule has 0 spiro atoms. The summed E-state index contributed by atoms with van der Waals surface area (Å²) in [5, 5.41) is 3.53. The van der Waals surface area contributed by atoms with E-state index in [1.54, 1.807) is 0 Å². The van der Waals surface area contributed by atoms with Crippen LogP contribution in [0.4, 0.5) is 0 Å². The van der Waals surface area contributed by atoms with Crippen LogP contribution in [-0.2, 0) is 9.84 Å². The van der Waals surface area contributed by atoms with Gasteiger partial charge in [0.15, 0.2) is 0 Å². The molecule has 1 N–H and O–H groups in total. The van der Waals surface area contributed by atoms with Crippen molar-refractivity contribution in [3.8, 4) is 0 Å². The molecule has 17 heavy (non-hydrogen) atoms. The monoisotopic (exact) mass is 260 g/mol. The maximum absolute atomic E-state index is 11.5. The minimum Gasteiger partial charge on any atom is -0.309 e. The van der Waals surface area contributed by atoms with Crippen LogP contribution in [-0.4, -0.2) is 55.5 Å². The van der Waals surface area contributed by atoms with Gasteiger partial charge in [-0.2, -0.15) is 0 Å². The van der Waals surface area contributed by atoms with Crippen LogP contribution in [0.5, 0.6) is 0 Å². The molecule has 1 unspecified atom stereocenters. The van der Waals surface area contributed by atoms with Gasteiger partial charge in [-0.25, -0.2) is 8.42 Å². The van der Waals surface area contributed by atoms with E-state index < -0.39 is 9.84 Å². The third-order valence-electron chi connectivity index (χ3n) is 4.01. The van der Waals surface area contributed by atoms with Crippen molar-refractivity contribution >= 4 is 9.84 Å². The Hall–Kier alpha value is -0.130. The topological polar surface area (TPSA) is 49.4 Å². The van der Waals surface area contributed by atoms with Crippen LogP contribution in [0.3, 0.4) is 0 Å². The van der Waals surface area contributed by atoms with Crippen molar-refractivity contribution in [2.24, 2.45) is 0 Å². The van der Waals surface area contributed by atoms with Gasteiger partial charge >= 0.3 is 0 Å². The van der Waals surface area contributed by atoms with E-state index in [1.165, 1.54) is 0 Å². The minimum atomic E-state index is -2.74. The first-order chi connectivity index (χ1) is 7.79. The second kappa shape index (κ2) is 4.52. The summed E-state index contributed by atoms with van der Waals surface area (Å²) in [5.74, 6) is 0.740. The third-order valence-corrected chi connectivity index (χ3v) is 5.73. The molecular formula is C12H24N2O2S. The van der Waals surface area contributed by atoms with Gasteiger partial charge in [0.1, 0.15) is 9.84 Å². The summed E-state index contributed by atoms with van der Waals surface area (Å²) in [7, 11) is -2.74. The van der Waals surface area contributed by atoms with Crippen LogP contribution in [0.1, 0.15) is 33.6 Å². The number of rotatable bonds is 1. The highest BCUT2D eigenvalue weighted by molar-refractivity contribution is 7.91. The van der Waals surface area contributed by atoms with Crippen LogP contribution in [0.15, 0.2) is 0 Å². The van der Waals surface area contributed by atoms with Crippen molar-refractivity contribution in [3.63, 3.8) is 0 Å². The number of nitrogens with zero attached hydrogens (tertiary/aromatic N) is 1. The molecule has 2 saturated heterocycles. The summed E-state index contributed by atoms with van der Waals surface area (Å²) in [4.78, 5) is 2.51. The molecule has 0 bridgehead atoms. The van der Waals surface area contributed by atoms with Gasteiger partial charge in [0.05, 0.1) is 11.5 Å². The quantitative estimate of drug-likeness (QED) is 0.751. The van der Waals surface area contributed by atoms with Gasteiger partial charge < -0.3 is 5.32 Å². The average Bonchev–Trinajstić information content (AvgIpc) is 2.22. The van der Waals surface area contributed by atoms with Gasteiger partial charge in [0.25, 0.3) is 0 Å². The highest BCUT2D eigenvalue weighted by Crippen LogP contribution is 2.24. The Morgan fingerprint density at radius 1 is 1.24 bits per heavy atom. The smallest absolute Gasteiger partial charge is 0.150 e. The Kier molecular flexibility index (Phi) is 3.54. The molecule has 4 nitrogen and oxygen atoms in total. The molecular weight excluding hydrogens is 236 g/mol. The fraction of sp³-hybridized carbons (Fsp3) is 1.00. The Bertz CT molecular complexity index is 364. The minimum absolute atomic E-state index is 0.142. The fourth-order valence-electron chi connectivity index (χ4n) is 2.91. The first kappa shape index (κ1) is 13.3. The van der Waals surface area contributed by atoms with Gasteiger partial charge in [-0.1, -0.05) is 0 Å². The molecule has 0 aromatic rings. The van der Waals surface area contributed by atoms with E-state index in [0.29, 0.717) is 23.6 Å². The lowest BCUT2D eigenvalue weighted by molar-refractivity contribution is 0.0578. The zero-order valence-corrected chi connectivity index (χ0v) is 11.9. The maximum Gasteiger partial charge on any atom is 0.150 e. The Morgan fingerprint density at radius 2 is 1.82 bits per heavy atom. The fourth-order valence-corrected chi connectivity index (χ4v) is 4.37. The van der Waals surface area contributed by atoms with Crippen molar-refractivity contribution in [2.45, 2.75) is 51.2 Å². The van der Waals surface area contributed by atoms with E-state index in [2.05, 4.69) is 31.0 Å². The van der Waals surface area contributed by atoms with Crippen molar-refractivity contribution in [3.05, 3.63) is 0 Å². The molecule has 2 fully saturated rings. The first-order valence-electron chi connectivity index (χ1n) is 6.50. The summed E-state index contributed by atoms with van der Waals surface area (Å²) >= 11 is 0. The summed E-state index contributed by atoms with van der Waals surface area (Å²) in [6.45, 7) is 8.66. The van der Waals surface area contributed by atoms with Crippen molar-refractivity contribution in [2.75, 3.05) is 24.6 Å². The van der Waals surface area contributed by atoms with Crippen molar-refractivity contribution < 1.29 is 8.42 Å². The number of piperazine rings is 1. The van der Waals surface area contributed by atoms with Crippen LogP contribution in [0.2, 0.25) is 0 Å². The van der Waals surface area contributed by atoms with Gasteiger partial charge in [0.2, 0.25) is 0 Å². The SMILES string of the molecule is CC1CNC(C)(C)CN1C1CCS(=O)(=O)CC1. The zero-order valence-electron chi connectivity index (χ0n) is 11.1. The lowest BCUT2D eigenvalue weighted by Crippen LogP contribution is -2.63. The average molecular weight is 260 g/mol. The van der Waals surface area contributed by atoms with E-state index >= 15 is 0 Å². The molecule has 0 aromatic heterocycles. The molecule has 0 radical (unpaired) electrons. The standard InChI is InChI=1S/C12H24N2O2S/c1-10-8-13-12(2,3)9-14(10)11-4-6-17(15,16)7-5-11/h10-11,13H,4-9H2,1-3H3. The van der Waals surface area contributed by atoms with Crippen LogP contribution in [0.25, 0.3) is 0 Å². The molecule has 100 valence electrons. The second-order valence-electron chi connectivity index (χ2n) is 6.17. The van der Waals surface area contributed by atoms with E-state index in [9.17, 15) is 8.42 Å². The number of nitrogens with one attached hydrogen (secondary N) is 1. The zero-order chi connectivity index (χ0) is 12.7. The molecule has 0 aliphatic carbocycles. The number of hydrogen-bond acceptors (Lipinski definition) is 4. The molecule has 2 heterocycles. The maximum atomic E-state index is 11.5. The van der Waals surface area contributed by atoms with Gasteiger partial charge in [0, 0.05) is 30.7 Å². The molecule has 0 amide bonds. The highest BCUT2D eigenvalue weighted by Gasteiger charge is 2.36. The van der Waals surface area contributed by atoms with Crippen LogP contribution in [0, 0.1) is 0 Å². The summed E-state index contributed by atoms with van der Waals surface area (Å²) in [6.07, 6.45) is 1.62. The highest BCUT2D eigenvalue weighted by atomic mass is 32.2. The summed E-state index contributed by atoms with van der Waals surface area (Å²) in [5.41, 5.74) is 0.142. The summed E-state index contributed by atoms with van der Waals surface area (Å²) in [6, 6.07) is 0.962. The number of sulfone groups is 1. The molecule has 5 heteroatoms. The Morgan fingerprint density at radius 3 is 2.41 bits per heavy atom. The third kappa shape index (κ3) is 3.20. The lowest BCUT2D eigenvalue weighted by Gasteiger charge is -2.48. The van der Waals surface area contributed by atoms with Crippen LogP contribution < -0.4 is 5.32 Å². The lowest BCUT2D eigenvalue weighted by atomic mass is 9.96. The molecule has 1 atom stereocenters. The van der Waals surface area contributed by atoms with E-state index in [0.717, 1.165) is 25.9 Å². The van der Waals surface area contributed by atoms with E-state index in [-0.39, 0.29) is 5.54 Å². The predicted molar refractivity (Wildman–Crippen MR) is 69.9 cm³/mol. The van der Waals surface area contributed by atoms with Gasteiger partial charge in [-0.3, -0.25) is 4.90 Å². The molecule has 2 rings (SSSR count). The molecule has 2 aliphatic rings. The first-order valence-corrected chi connectivity index (χ1v) is 8.32. The molecule has 0 aromatic carbocycles. The van der Waals surface area contributed by atoms with Crippen LogP contribution >= 0.6 is 0 Å². The normalized spacial score (nSPS) is 34.6. The van der Waals surface area contributed by atoms with Crippen molar-refractivity contribution in [1.82, 2.24) is 10.2 Å². The molecule has 0 saturated carbocycles. The predicted octanol–water partition coefficient (Wildman–Crippen LogP) is 0.636. The molecule has 2 aliphatic heterocycles. The number of hydrogen-bond donors (Lipinski definition) is 1. The Labute approximate surface area is 105 Å². The largest absolute Gasteiger partial charge is 0.309 e. The second-order valence-corrected chi connectivity index (χ2v) is 8.47. The Balaban J connectivity index is 2.02. The summed E-state index contributed by atoms with van der Waals surface area (Å²) < 4.78 is 22.9.